The number of aliphatic carboxylic acids is 2. The average Bonchev–Trinajstić information content (AvgIpc) is 4.05. The Kier molecular flexibility index (Phi) is 13.7. The highest BCUT2D eigenvalue weighted by Gasteiger charge is 2.16. The van der Waals surface area contributed by atoms with Crippen LogP contribution in [-0.4, -0.2) is 63.4 Å². The van der Waals surface area contributed by atoms with Crippen LogP contribution in [0.5, 0.6) is 11.5 Å². The first-order valence-corrected chi connectivity index (χ1v) is 21.9. The lowest BCUT2D eigenvalue weighted by Gasteiger charge is -2.11. The van der Waals surface area contributed by atoms with Crippen molar-refractivity contribution in [3.05, 3.63) is 108 Å². The predicted octanol–water partition coefficient (Wildman–Crippen LogP) is 11.9. The Hall–Kier alpha value is -5.80. The minimum absolute atomic E-state index is 0.0525. The summed E-state index contributed by atoms with van der Waals surface area (Å²) in [5, 5.41) is 22.7. The first kappa shape index (κ1) is 43.3. The molecule has 0 saturated carbocycles. The first-order chi connectivity index (χ1) is 29.3. The molecule has 61 heavy (non-hydrogen) atoms. The van der Waals surface area contributed by atoms with Gasteiger partial charge >= 0.3 is 11.9 Å². The summed E-state index contributed by atoms with van der Waals surface area (Å²) in [7, 11) is 0. The van der Waals surface area contributed by atoms with E-state index in [2.05, 4.69) is 19.9 Å². The minimum Gasteiger partial charge on any atom is -0.489 e. The van der Waals surface area contributed by atoms with Crippen LogP contribution in [0.3, 0.4) is 0 Å². The molecule has 12 nitrogen and oxygen atoms in total. The highest BCUT2D eigenvalue weighted by molar-refractivity contribution is 7.18. The van der Waals surface area contributed by atoms with Crippen LogP contribution in [0.15, 0.2) is 97.8 Å². The summed E-state index contributed by atoms with van der Waals surface area (Å²) in [5.74, 6) is -0.294. The summed E-state index contributed by atoms with van der Waals surface area (Å²) in [4.78, 5) is 41.9. The van der Waals surface area contributed by atoms with E-state index in [4.69, 9.17) is 42.9 Å². The number of thiazole rings is 2. The highest BCUT2D eigenvalue weighted by Crippen LogP contribution is 2.40. The second-order valence-electron chi connectivity index (χ2n) is 14.5. The van der Waals surface area contributed by atoms with Crippen molar-refractivity contribution in [3.8, 4) is 53.5 Å². The Morgan fingerprint density at radius 2 is 1.10 bits per heavy atom. The van der Waals surface area contributed by atoms with Crippen molar-refractivity contribution in [2.45, 2.75) is 72.3 Å². The molecule has 0 unspecified atom stereocenters. The van der Waals surface area contributed by atoms with Crippen LogP contribution in [-0.2, 0) is 22.7 Å². The van der Waals surface area contributed by atoms with Gasteiger partial charge in [-0.15, -0.1) is 22.7 Å². The van der Waals surface area contributed by atoms with Crippen molar-refractivity contribution in [1.82, 2.24) is 29.1 Å². The van der Waals surface area contributed by atoms with Gasteiger partial charge in [0.15, 0.2) is 0 Å². The van der Waals surface area contributed by atoms with Gasteiger partial charge in [0.25, 0.3) is 0 Å². The van der Waals surface area contributed by atoms with Crippen molar-refractivity contribution >= 4 is 79.9 Å². The van der Waals surface area contributed by atoms with E-state index in [1.54, 1.807) is 35.1 Å². The van der Waals surface area contributed by atoms with Crippen molar-refractivity contribution in [2.24, 2.45) is 0 Å². The van der Waals surface area contributed by atoms with Gasteiger partial charge < -0.3 is 28.8 Å². The Balaban J connectivity index is 0.000000184. The average molecular weight is 898 g/mol. The SMILES string of the molecule is CC(C)Oc1ccc(-c2ncc(-c3ccnc4c3ccn4CCC(=O)O)s2)cc1Cl.CC(C)Oc1ccc(-c2ncc(-c3ccnc4c3ccn4CCCC(=O)O)s2)cc1Cl. The Labute approximate surface area is 370 Å². The maximum Gasteiger partial charge on any atom is 0.305 e. The predicted molar refractivity (Wildman–Crippen MR) is 243 cm³/mol. The standard InChI is InChI=1S/C23H22ClN3O3S.C22H20ClN3O3S/c1-14(2)30-19-6-5-15(12-18(19)24)23-26-13-20(31-23)16-7-9-25-22-17(16)8-11-27(22)10-3-4-21(28)29;1-13(2)29-18-4-3-14(11-17(18)23)22-25-12-19(30-22)15-5-8-24-21-16(15)6-9-26(21)10-7-20(27)28/h5-9,11-14H,3-4,10H2,1-2H3,(H,28,29);3-6,8-9,11-13H,7,10H2,1-2H3,(H,27,28). The summed E-state index contributed by atoms with van der Waals surface area (Å²) < 4.78 is 15.3. The lowest BCUT2D eigenvalue weighted by atomic mass is 10.1. The maximum atomic E-state index is 10.9. The molecule has 6 heterocycles. The number of carboxylic acid groups (broad SMARTS) is 2. The molecule has 0 aliphatic heterocycles. The van der Waals surface area contributed by atoms with Gasteiger partial charge in [-0.05, 0) is 94.8 Å². The van der Waals surface area contributed by atoms with Crippen LogP contribution in [0.2, 0.25) is 10.0 Å². The van der Waals surface area contributed by atoms with Gasteiger partial charge in [0, 0.05) is 89.7 Å². The number of hydrogen-bond donors (Lipinski definition) is 2. The monoisotopic (exact) mass is 896 g/mol. The van der Waals surface area contributed by atoms with Crippen molar-refractivity contribution in [1.29, 1.82) is 0 Å². The molecule has 8 aromatic rings. The number of fused-ring (bicyclic) bond motifs is 2. The number of hydrogen-bond acceptors (Lipinski definition) is 10. The van der Waals surface area contributed by atoms with E-state index in [1.807, 2.05) is 122 Å². The molecule has 0 spiro atoms. The number of nitrogens with zero attached hydrogens (tertiary/aromatic N) is 6. The molecular formula is C45H42Cl2N6O6S2. The van der Waals surface area contributed by atoms with Crippen LogP contribution in [0.1, 0.15) is 47.0 Å². The van der Waals surface area contributed by atoms with Gasteiger partial charge in [-0.1, -0.05) is 23.2 Å². The van der Waals surface area contributed by atoms with Gasteiger partial charge in [0.1, 0.15) is 32.8 Å². The molecule has 314 valence electrons. The molecule has 2 aromatic carbocycles. The molecule has 0 atom stereocenters. The minimum atomic E-state index is -0.830. The Morgan fingerprint density at radius 1 is 0.639 bits per heavy atom. The zero-order valence-corrected chi connectivity index (χ0v) is 36.9. The van der Waals surface area contributed by atoms with E-state index in [9.17, 15) is 9.59 Å². The largest absolute Gasteiger partial charge is 0.489 e. The second-order valence-corrected chi connectivity index (χ2v) is 17.4. The third-order valence-electron chi connectivity index (χ3n) is 9.31. The molecule has 0 saturated heterocycles. The molecule has 6 aromatic heterocycles. The van der Waals surface area contributed by atoms with Gasteiger partial charge in [-0.3, -0.25) is 9.59 Å². The van der Waals surface area contributed by atoms with Gasteiger partial charge in [-0.25, -0.2) is 19.9 Å². The molecule has 0 radical (unpaired) electrons. The number of carboxylic acids is 2. The van der Waals surface area contributed by atoms with Crippen LogP contribution < -0.4 is 9.47 Å². The second kappa shape index (κ2) is 19.3. The fraction of sp³-hybridized carbons (Fsp3) is 0.244. The van der Waals surface area contributed by atoms with Crippen LogP contribution in [0.25, 0.3) is 64.1 Å². The fourth-order valence-electron chi connectivity index (χ4n) is 6.62. The number of ether oxygens (including phenoxy) is 2. The first-order valence-electron chi connectivity index (χ1n) is 19.5. The number of pyridine rings is 2. The summed E-state index contributed by atoms with van der Waals surface area (Å²) >= 11 is 15.9. The van der Waals surface area contributed by atoms with E-state index in [0.29, 0.717) is 41.1 Å². The molecule has 0 bridgehead atoms. The quantitative estimate of drug-likeness (QED) is 0.102. The molecule has 0 amide bonds. The number of benzene rings is 2. The highest BCUT2D eigenvalue weighted by atomic mass is 35.5. The summed E-state index contributed by atoms with van der Waals surface area (Å²) in [6, 6.07) is 19.3. The third kappa shape index (κ3) is 10.4. The van der Waals surface area contributed by atoms with Crippen LogP contribution >= 0.6 is 45.9 Å². The maximum absolute atomic E-state index is 10.9. The van der Waals surface area contributed by atoms with Crippen molar-refractivity contribution in [2.75, 3.05) is 0 Å². The van der Waals surface area contributed by atoms with Crippen LogP contribution in [0.4, 0.5) is 0 Å². The van der Waals surface area contributed by atoms with Crippen molar-refractivity contribution < 1.29 is 29.3 Å². The topological polar surface area (TPSA) is 154 Å². The smallest absolute Gasteiger partial charge is 0.305 e. The Bertz CT molecular complexity index is 2830. The number of halogens is 2. The normalized spacial score (nSPS) is 11.3. The van der Waals surface area contributed by atoms with E-state index in [1.165, 1.54) is 0 Å². The van der Waals surface area contributed by atoms with Gasteiger partial charge in [0.2, 0.25) is 0 Å². The molecule has 2 N–H and O–H groups in total. The number of carbonyl (C=O) groups is 2. The summed E-state index contributed by atoms with van der Waals surface area (Å²) in [5.41, 5.74) is 5.55. The van der Waals surface area contributed by atoms with E-state index >= 15 is 0 Å². The van der Waals surface area contributed by atoms with E-state index in [-0.39, 0.29) is 25.0 Å². The summed E-state index contributed by atoms with van der Waals surface area (Å²) in [6.07, 6.45) is 11.9. The van der Waals surface area contributed by atoms with E-state index in [0.717, 1.165) is 64.1 Å². The zero-order valence-electron chi connectivity index (χ0n) is 33.7. The van der Waals surface area contributed by atoms with Gasteiger partial charge in [-0.2, -0.15) is 0 Å². The molecular weight excluding hydrogens is 856 g/mol. The zero-order chi connectivity index (χ0) is 43.2. The molecule has 0 aliphatic carbocycles. The summed E-state index contributed by atoms with van der Waals surface area (Å²) in [6.45, 7) is 8.85. The molecule has 0 aliphatic rings. The molecule has 0 fully saturated rings. The number of rotatable bonds is 15. The lowest BCUT2D eigenvalue weighted by Crippen LogP contribution is -2.05. The fourth-order valence-corrected chi connectivity index (χ4v) is 8.97. The van der Waals surface area contributed by atoms with Crippen LogP contribution in [0, 0.1) is 0 Å². The number of aromatic nitrogens is 6. The van der Waals surface area contributed by atoms with Crippen molar-refractivity contribution in [3.63, 3.8) is 0 Å². The van der Waals surface area contributed by atoms with Gasteiger partial charge in [0.05, 0.1) is 38.4 Å². The van der Waals surface area contributed by atoms with E-state index < -0.39 is 11.9 Å². The lowest BCUT2D eigenvalue weighted by molar-refractivity contribution is -0.138. The Morgan fingerprint density at radius 3 is 1.52 bits per heavy atom. The third-order valence-corrected chi connectivity index (χ3v) is 12.1. The molecule has 8 rings (SSSR count). The molecule has 16 heteroatoms. The number of aryl methyl sites for hydroxylation is 2.